The molecule has 2 nitrogen and oxygen atoms in total. The number of aryl methyl sites for hydroxylation is 2. The molecule has 7 heteroatoms. The van der Waals surface area contributed by atoms with Crippen molar-refractivity contribution in [1.82, 2.24) is 9.78 Å². The van der Waals surface area contributed by atoms with Crippen LogP contribution < -0.4 is 0 Å². The van der Waals surface area contributed by atoms with Crippen LogP contribution >= 0.6 is 0 Å². The molecule has 0 spiro atoms. The molecular weight excluding hydrogens is 279 g/mol. The Bertz CT molecular complexity index is 634. The maximum Gasteiger partial charge on any atom is 0.200 e. The van der Waals surface area contributed by atoms with Gasteiger partial charge in [0.25, 0.3) is 0 Å². The summed E-state index contributed by atoms with van der Waals surface area (Å²) in [5.74, 6) is -9.91. The van der Waals surface area contributed by atoms with E-state index in [1.54, 1.807) is 19.9 Å². The van der Waals surface area contributed by atoms with Gasteiger partial charge in [0.2, 0.25) is 5.82 Å². The van der Waals surface area contributed by atoms with Crippen LogP contribution in [0.3, 0.4) is 0 Å². The molecule has 0 unspecified atom stereocenters. The fraction of sp³-hybridized carbons (Fsp3) is 0.308. The van der Waals surface area contributed by atoms with Crippen LogP contribution in [-0.4, -0.2) is 9.78 Å². The second-order valence-corrected chi connectivity index (χ2v) is 4.16. The van der Waals surface area contributed by atoms with Gasteiger partial charge in [-0.15, -0.1) is 0 Å². The Balaban J connectivity index is 2.79. The van der Waals surface area contributed by atoms with Gasteiger partial charge in [0.1, 0.15) is 5.69 Å². The number of benzene rings is 1. The number of hydrogen-bond acceptors (Lipinski definition) is 1. The molecule has 0 radical (unpaired) electrons. The largest absolute Gasteiger partial charge is 0.231 e. The molecule has 0 atom stereocenters. The molecule has 2 aromatic rings. The molecule has 0 bridgehead atoms. The lowest BCUT2D eigenvalue weighted by Crippen LogP contribution is -2.12. The van der Waals surface area contributed by atoms with Gasteiger partial charge in [-0.2, -0.15) is 5.10 Å². The van der Waals surface area contributed by atoms with Gasteiger partial charge >= 0.3 is 0 Å². The number of halogens is 5. The van der Waals surface area contributed by atoms with Gasteiger partial charge in [-0.25, -0.2) is 26.6 Å². The lowest BCUT2D eigenvalue weighted by atomic mass is 10.2. The fourth-order valence-electron chi connectivity index (χ4n) is 1.87. The van der Waals surface area contributed by atoms with Crippen molar-refractivity contribution in [3.63, 3.8) is 0 Å². The quantitative estimate of drug-likeness (QED) is 0.479. The van der Waals surface area contributed by atoms with Crippen molar-refractivity contribution in [2.75, 3.05) is 0 Å². The number of aromatic nitrogens is 2. The van der Waals surface area contributed by atoms with E-state index in [2.05, 4.69) is 5.10 Å². The number of nitrogens with zero attached hydrogens (tertiary/aromatic N) is 2. The minimum absolute atomic E-state index is 0.340. The van der Waals surface area contributed by atoms with Gasteiger partial charge in [0.05, 0.1) is 5.69 Å². The van der Waals surface area contributed by atoms with Gasteiger partial charge in [0.15, 0.2) is 23.3 Å². The van der Waals surface area contributed by atoms with Crippen LogP contribution in [0.2, 0.25) is 0 Å². The zero-order chi connectivity index (χ0) is 15.0. The molecule has 0 saturated heterocycles. The lowest BCUT2D eigenvalue weighted by Gasteiger charge is -2.10. The van der Waals surface area contributed by atoms with Crippen molar-refractivity contribution in [1.29, 1.82) is 0 Å². The van der Waals surface area contributed by atoms with E-state index < -0.39 is 34.8 Å². The van der Waals surface area contributed by atoms with Crippen LogP contribution in [-0.2, 0) is 12.8 Å². The van der Waals surface area contributed by atoms with E-state index in [9.17, 15) is 22.0 Å². The van der Waals surface area contributed by atoms with E-state index in [0.29, 0.717) is 24.2 Å². The molecule has 0 fully saturated rings. The van der Waals surface area contributed by atoms with Gasteiger partial charge in [-0.3, -0.25) is 0 Å². The van der Waals surface area contributed by atoms with Gasteiger partial charge in [0, 0.05) is 5.69 Å². The molecular formula is C13H11F5N2. The summed E-state index contributed by atoms with van der Waals surface area (Å²) in [6, 6.07) is 1.57. The van der Waals surface area contributed by atoms with Crippen molar-refractivity contribution in [2.24, 2.45) is 0 Å². The van der Waals surface area contributed by atoms with Crippen LogP contribution in [0.5, 0.6) is 0 Å². The molecule has 108 valence electrons. The molecule has 0 aliphatic rings. The van der Waals surface area contributed by atoms with Crippen LogP contribution in [0.1, 0.15) is 25.2 Å². The smallest absolute Gasteiger partial charge is 0.200 e. The van der Waals surface area contributed by atoms with Crippen LogP contribution in [0.4, 0.5) is 22.0 Å². The Kier molecular flexibility index (Phi) is 3.78. The van der Waals surface area contributed by atoms with Crippen molar-refractivity contribution in [2.45, 2.75) is 26.7 Å². The molecule has 0 saturated carbocycles. The molecule has 1 aromatic heterocycles. The predicted molar refractivity (Wildman–Crippen MR) is 62.1 cm³/mol. The molecule has 0 amide bonds. The second-order valence-electron chi connectivity index (χ2n) is 4.16. The van der Waals surface area contributed by atoms with Gasteiger partial charge in [-0.1, -0.05) is 13.8 Å². The third kappa shape index (κ3) is 2.07. The van der Waals surface area contributed by atoms with E-state index >= 15 is 0 Å². The van der Waals surface area contributed by atoms with E-state index in [4.69, 9.17) is 0 Å². The van der Waals surface area contributed by atoms with Crippen molar-refractivity contribution in [3.8, 4) is 5.69 Å². The molecule has 2 rings (SSSR count). The molecule has 0 aliphatic carbocycles. The molecule has 0 N–H and O–H groups in total. The molecule has 0 aliphatic heterocycles. The predicted octanol–water partition coefficient (Wildman–Crippen LogP) is 3.69. The standard InChI is InChI=1S/C13H11F5N2/c1-3-6-5-7(4-2)20(19-6)13-11(17)9(15)8(14)10(16)12(13)18/h5H,3-4H2,1-2H3. The third-order valence-corrected chi connectivity index (χ3v) is 2.96. The number of hydrogen-bond donors (Lipinski definition) is 0. The van der Waals surface area contributed by atoms with Crippen LogP contribution in [0.15, 0.2) is 6.07 Å². The maximum absolute atomic E-state index is 13.7. The Morgan fingerprint density at radius 3 is 1.80 bits per heavy atom. The Labute approximate surface area is 111 Å². The average molecular weight is 290 g/mol. The van der Waals surface area contributed by atoms with E-state index in [-0.39, 0.29) is 0 Å². The summed E-state index contributed by atoms with van der Waals surface area (Å²) in [6.45, 7) is 3.46. The maximum atomic E-state index is 13.7. The minimum atomic E-state index is -2.18. The monoisotopic (exact) mass is 290 g/mol. The fourth-order valence-corrected chi connectivity index (χ4v) is 1.87. The normalized spacial score (nSPS) is 11.2. The van der Waals surface area contributed by atoms with Crippen LogP contribution in [0, 0.1) is 29.1 Å². The highest BCUT2D eigenvalue weighted by Crippen LogP contribution is 2.27. The number of rotatable bonds is 3. The summed E-state index contributed by atoms with van der Waals surface area (Å²) >= 11 is 0. The summed E-state index contributed by atoms with van der Waals surface area (Å²) in [7, 11) is 0. The first-order valence-electron chi connectivity index (χ1n) is 6.01. The van der Waals surface area contributed by atoms with Crippen molar-refractivity contribution >= 4 is 0 Å². The van der Waals surface area contributed by atoms with E-state index in [1.807, 2.05) is 0 Å². The average Bonchev–Trinajstić information content (AvgIpc) is 2.86. The first-order chi connectivity index (χ1) is 9.42. The summed E-state index contributed by atoms with van der Waals surface area (Å²) in [5, 5.41) is 3.88. The first-order valence-corrected chi connectivity index (χ1v) is 6.01. The lowest BCUT2D eigenvalue weighted by molar-refractivity contribution is 0.373. The highest BCUT2D eigenvalue weighted by atomic mass is 19.2. The molecule has 1 aromatic carbocycles. The Morgan fingerprint density at radius 1 is 0.850 bits per heavy atom. The summed E-state index contributed by atoms with van der Waals surface area (Å²) in [6.07, 6.45) is 0.821. The van der Waals surface area contributed by atoms with Crippen molar-refractivity contribution < 1.29 is 22.0 Å². The highest BCUT2D eigenvalue weighted by molar-refractivity contribution is 5.39. The summed E-state index contributed by atoms with van der Waals surface area (Å²) in [5.41, 5.74) is -0.172. The first kappa shape index (κ1) is 14.5. The molecule has 1 heterocycles. The zero-order valence-electron chi connectivity index (χ0n) is 10.8. The van der Waals surface area contributed by atoms with Gasteiger partial charge < -0.3 is 0 Å². The molecule has 20 heavy (non-hydrogen) atoms. The summed E-state index contributed by atoms with van der Waals surface area (Å²) < 4.78 is 67.7. The highest BCUT2D eigenvalue weighted by Gasteiger charge is 2.28. The second kappa shape index (κ2) is 5.22. The Morgan fingerprint density at radius 2 is 1.35 bits per heavy atom. The van der Waals surface area contributed by atoms with Crippen molar-refractivity contribution in [3.05, 3.63) is 46.5 Å². The third-order valence-electron chi connectivity index (χ3n) is 2.96. The SMILES string of the molecule is CCc1cc(CC)n(-c2c(F)c(F)c(F)c(F)c2F)n1. The minimum Gasteiger partial charge on any atom is -0.231 e. The Hall–Kier alpha value is -1.92. The van der Waals surface area contributed by atoms with Crippen LogP contribution in [0.25, 0.3) is 5.69 Å². The van der Waals surface area contributed by atoms with Gasteiger partial charge in [-0.05, 0) is 18.9 Å². The zero-order valence-corrected chi connectivity index (χ0v) is 10.8. The van der Waals surface area contributed by atoms with E-state index in [1.165, 1.54) is 0 Å². The van der Waals surface area contributed by atoms with E-state index in [0.717, 1.165) is 4.68 Å². The summed E-state index contributed by atoms with van der Waals surface area (Å²) in [4.78, 5) is 0. The topological polar surface area (TPSA) is 17.8 Å².